The van der Waals surface area contributed by atoms with Crippen molar-refractivity contribution in [1.29, 1.82) is 0 Å². The van der Waals surface area contributed by atoms with E-state index in [-0.39, 0.29) is 6.08 Å². The average Bonchev–Trinajstić information content (AvgIpc) is 2.58. The number of hydrogen-bond acceptors (Lipinski definition) is 7. The van der Waals surface area contributed by atoms with E-state index in [1.807, 2.05) is 0 Å². The molecule has 1 atom stereocenters. The minimum absolute atomic E-state index is 0.157. The Morgan fingerprint density at radius 1 is 1.14 bits per heavy atom. The highest BCUT2D eigenvalue weighted by Gasteiger charge is 2.69. The summed E-state index contributed by atoms with van der Waals surface area (Å²) in [5, 5.41) is -5.28. The zero-order chi connectivity index (χ0) is 22.7. The van der Waals surface area contributed by atoms with E-state index in [9.17, 15) is 40.0 Å². The SMILES string of the molecule is C=CC(=O)OC(OCC(F)(F)S(=O)(=O)O)(C(=O)Oc1ccc(C)cc1)C(F)(F)F. The van der Waals surface area contributed by atoms with Gasteiger partial charge in [0, 0.05) is 6.08 Å². The summed E-state index contributed by atoms with van der Waals surface area (Å²) in [6.07, 6.45) is -5.85. The number of rotatable bonds is 8. The lowest BCUT2D eigenvalue weighted by atomic mass is 10.2. The van der Waals surface area contributed by atoms with Crippen molar-refractivity contribution in [3.63, 3.8) is 0 Å². The molecule has 162 valence electrons. The van der Waals surface area contributed by atoms with Crippen LogP contribution in [-0.2, 0) is 29.2 Å². The van der Waals surface area contributed by atoms with E-state index < -0.39 is 51.6 Å². The van der Waals surface area contributed by atoms with Gasteiger partial charge in [0.2, 0.25) is 0 Å². The van der Waals surface area contributed by atoms with E-state index in [1.165, 1.54) is 12.1 Å². The van der Waals surface area contributed by atoms with Crippen molar-refractivity contribution < 1.29 is 58.7 Å². The maximum atomic E-state index is 13.6. The van der Waals surface area contributed by atoms with Gasteiger partial charge in [-0.05, 0) is 19.1 Å². The molecule has 0 spiro atoms. The predicted molar refractivity (Wildman–Crippen MR) is 84.3 cm³/mol. The quantitative estimate of drug-likeness (QED) is 0.161. The summed E-state index contributed by atoms with van der Waals surface area (Å²) in [7, 11) is -6.23. The Bertz CT molecular complexity index is 879. The summed E-state index contributed by atoms with van der Waals surface area (Å²) in [5.41, 5.74) is 0.619. The normalized spacial score (nSPS) is 14.6. The second-order valence-corrected chi connectivity index (χ2v) is 6.89. The van der Waals surface area contributed by atoms with Crippen molar-refractivity contribution in [2.75, 3.05) is 6.61 Å². The van der Waals surface area contributed by atoms with E-state index >= 15 is 0 Å². The van der Waals surface area contributed by atoms with Crippen molar-refractivity contribution in [2.45, 2.75) is 24.1 Å². The topological polar surface area (TPSA) is 116 Å². The maximum Gasteiger partial charge on any atom is 0.468 e. The molecule has 0 radical (unpaired) electrons. The predicted octanol–water partition coefficient (Wildman–Crippen LogP) is 2.39. The minimum atomic E-state index is -6.23. The van der Waals surface area contributed by atoms with Crippen LogP contribution in [-0.4, -0.2) is 48.7 Å². The molecule has 0 aliphatic rings. The molecule has 1 unspecified atom stereocenters. The third-order valence-corrected chi connectivity index (χ3v) is 3.98. The first-order chi connectivity index (χ1) is 13.1. The number of carbonyl (C=O) groups is 2. The van der Waals surface area contributed by atoms with Gasteiger partial charge < -0.3 is 14.2 Å². The molecule has 0 heterocycles. The molecule has 1 aromatic rings. The van der Waals surface area contributed by atoms with Crippen LogP contribution in [0.1, 0.15) is 5.56 Å². The summed E-state index contributed by atoms with van der Waals surface area (Å²) >= 11 is 0. The second-order valence-electron chi connectivity index (χ2n) is 5.34. The van der Waals surface area contributed by atoms with E-state index in [1.54, 1.807) is 6.92 Å². The van der Waals surface area contributed by atoms with E-state index in [2.05, 4.69) is 20.8 Å². The molecule has 0 saturated carbocycles. The van der Waals surface area contributed by atoms with Crippen LogP contribution in [0, 0.1) is 6.92 Å². The van der Waals surface area contributed by atoms with Gasteiger partial charge in [-0.2, -0.15) is 30.4 Å². The Kier molecular flexibility index (Phi) is 7.10. The number of aryl methyl sites for hydroxylation is 1. The zero-order valence-corrected chi connectivity index (χ0v) is 15.2. The van der Waals surface area contributed by atoms with Crippen LogP contribution in [0.15, 0.2) is 36.9 Å². The summed E-state index contributed by atoms with van der Waals surface area (Å²) in [6.45, 7) is 1.68. The third-order valence-electron chi connectivity index (χ3n) is 3.11. The highest BCUT2D eigenvalue weighted by atomic mass is 32.2. The molecule has 0 amide bonds. The van der Waals surface area contributed by atoms with Crippen molar-refractivity contribution in [2.24, 2.45) is 0 Å². The van der Waals surface area contributed by atoms with Crippen molar-refractivity contribution in [1.82, 2.24) is 0 Å². The number of halogens is 5. The second kappa shape index (κ2) is 8.42. The Hall–Kier alpha value is -2.58. The van der Waals surface area contributed by atoms with Gasteiger partial charge in [0.05, 0.1) is 0 Å². The molecule has 0 fully saturated rings. The standard InChI is InChI=1S/C15H13F5O8S/c1-3-11(21)28-14(15(18,19)20,26-8-13(16,17)29(23,24)25)12(22)27-10-6-4-9(2)5-7-10/h3-7H,1,8H2,2H3,(H,23,24,25). The van der Waals surface area contributed by atoms with Crippen LogP contribution in [0.3, 0.4) is 0 Å². The van der Waals surface area contributed by atoms with Gasteiger partial charge in [-0.1, -0.05) is 24.3 Å². The van der Waals surface area contributed by atoms with Crippen LogP contribution >= 0.6 is 0 Å². The van der Waals surface area contributed by atoms with E-state index in [0.717, 1.165) is 12.1 Å². The first-order valence-corrected chi connectivity index (χ1v) is 8.69. The lowest BCUT2D eigenvalue weighted by Gasteiger charge is -2.32. The first kappa shape index (κ1) is 24.5. The highest BCUT2D eigenvalue weighted by molar-refractivity contribution is 7.86. The summed E-state index contributed by atoms with van der Waals surface area (Å²) in [4.78, 5) is 23.5. The van der Waals surface area contributed by atoms with E-state index in [4.69, 9.17) is 4.55 Å². The maximum absolute atomic E-state index is 13.6. The van der Waals surface area contributed by atoms with Gasteiger partial charge in [0.1, 0.15) is 12.4 Å². The van der Waals surface area contributed by atoms with Gasteiger partial charge in [0.25, 0.3) is 0 Å². The van der Waals surface area contributed by atoms with Crippen molar-refractivity contribution in [3.05, 3.63) is 42.5 Å². The Morgan fingerprint density at radius 3 is 2.07 bits per heavy atom. The molecule has 14 heteroatoms. The molecule has 29 heavy (non-hydrogen) atoms. The lowest BCUT2D eigenvalue weighted by molar-refractivity contribution is -0.357. The fraction of sp³-hybridized carbons (Fsp3) is 0.333. The smallest absolute Gasteiger partial charge is 0.421 e. The van der Waals surface area contributed by atoms with E-state index in [0.29, 0.717) is 5.56 Å². The van der Waals surface area contributed by atoms with Crippen molar-refractivity contribution in [3.8, 4) is 5.75 Å². The monoisotopic (exact) mass is 448 g/mol. The fourth-order valence-electron chi connectivity index (χ4n) is 1.61. The van der Waals surface area contributed by atoms with Crippen molar-refractivity contribution >= 4 is 22.1 Å². The number of hydrogen-bond donors (Lipinski definition) is 1. The molecule has 0 bridgehead atoms. The largest absolute Gasteiger partial charge is 0.468 e. The third kappa shape index (κ3) is 5.71. The lowest BCUT2D eigenvalue weighted by Crippen LogP contribution is -2.60. The van der Waals surface area contributed by atoms with Crippen LogP contribution in [0.5, 0.6) is 5.75 Å². The molecule has 0 aliphatic heterocycles. The Balaban J connectivity index is 3.40. The summed E-state index contributed by atoms with van der Waals surface area (Å²) in [6, 6.07) is 4.72. The molecular weight excluding hydrogens is 435 g/mol. The van der Waals surface area contributed by atoms with Crippen LogP contribution in [0.2, 0.25) is 0 Å². The number of esters is 2. The molecular formula is C15H13F5O8S. The molecule has 1 rings (SSSR count). The van der Waals surface area contributed by atoms with Gasteiger partial charge in [0.15, 0.2) is 0 Å². The Morgan fingerprint density at radius 2 is 1.66 bits per heavy atom. The molecule has 1 N–H and O–H groups in total. The van der Waals surface area contributed by atoms with Crippen LogP contribution in [0.4, 0.5) is 22.0 Å². The first-order valence-electron chi connectivity index (χ1n) is 7.25. The molecule has 1 aromatic carbocycles. The molecule has 0 aromatic heterocycles. The van der Waals surface area contributed by atoms with Gasteiger partial charge in [-0.25, -0.2) is 9.59 Å². The highest BCUT2D eigenvalue weighted by Crippen LogP contribution is 2.38. The van der Waals surface area contributed by atoms with Crippen LogP contribution < -0.4 is 4.74 Å². The van der Waals surface area contributed by atoms with Crippen LogP contribution in [0.25, 0.3) is 0 Å². The Labute approximate surface area is 160 Å². The number of ether oxygens (including phenoxy) is 3. The van der Waals surface area contributed by atoms with Gasteiger partial charge in [-0.3, -0.25) is 4.55 Å². The number of benzene rings is 1. The molecule has 8 nitrogen and oxygen atoms in total. The zero-order valence-electron chi connectivity index (χ0n) is 14.4. The number of carbonyl (C=O) groups excluding carboxylic acids is 2. The average molecular weight is 448 g/mol. The molecule has 0 aliphatic carbocycles. The van der Waals surface area contributed by atoms with Gasteiger partial charge in [-0.15, -0.1) is 0 Å². The van der Waals surface area contributed by atoms with Gasteiger partial charge >= 0.3 is 39.3 Å². The minimum Gasteiger partial charge on any atom is -0.421 e. The molecule has 0 saturated heterocycles. The summed E-state index contributed by atoms with van der Waals surface area (Å²) < 4.78 is 109. The summed E-state index contributed by atoms with van der Waals surface area (Å²) in [5.74, 6) is -9.75. The fourth-order valence-corrected chi connectivity index (χ4v) is 1.82. The number of alkyl halides is 5.